The summed E-state index contributed by atoms with van der Waals surface area (Å²) >= 11 is 0. The van der Waals surface area contributed by atoms with E-state index in [-0.39, 0.29) is 24.3 Å². The minimum atomic E-state index is -0.171. The van der Waals surface area contributed by atoms with E-state index in [0.717, 1.165) is 31.7 Å². The van der Waals surface area contributed by atoms with E-state index in [2.05, 4.69) is 10.2 Å². The van der Waals surface area contributed by atoms with E-state index in [9.17, 15) is 4.39 Å². The first-order chi connectivity index (χ1) is 7.81. The van der Waals surface area contributed by atoms with Crippen molar-refractivity contribution in [3.05, 3.63) is 35.6 Å². The maximum atomic E-state index is 13.2. The van der Waals surface area contributed by atoms with Gasteiger partial charge in [0.1, 0.15) is 5.82 Å². The van der Waals surface area contributed by atoms with Crippen molar-refractivity contribution in [1.82, 2.24) is 10.2 Å². The molecular weight excluding hydrogens is 241 g/mol. The Labute approximate surface area is 108 Å². The second-order valence-electron chi connectivity index (χ2n) is 4.10. The Morgan fingerprint density at radius 3 is 3.00 bits per heavy atom. The zero-order valence-corrected chi connectivity index (χ0v) is 10.5. The molecule has 1 aromatic carbocycles. The molecule has 3 N–H and O–H groups in total. The average Bonchev–Trinajstić information content (AvgIpc) is 2.30. The Hall–Kier alpha value is -0.680. The van der Waals surface area contributed by atoms with Crippen LogP contribution >= 0.6 is 12.4 Å². The van der Waals surface area contributed by atoms with Crippen LogP contribution < -0.4 is 11.1 Å². The van der Waals surface area contributed by atoms with E-state index < -0.39 is 0 Å². The summed E-state index contributed by atoms with van der Waals surface area (Å²) in [4.78, 5) is 2.31. The van der Waals surface area contributed by atoms with Crippen molar-refractivity contribution in [1.29, 1.82) is 0 Å². The third-order valence-electron chi connectivity index (χ3n) is 3.00. The lowest BCUT2D eigenvalue weighted by atomic mass is 10.0. The highest BCUT2D eigenvalue weighted by molar-refractivity contribution is 5.85. The zero-order chi connectivity index (χ0) is 11.4. The molecule has 1 saturated heterocycles. The molecule has 1 unspecified atom stereocenters. The topological polar surface area (TPSA) is 41.3 Å². The fraction of sp³-hybridized carbons (Fsp3) is 0.500. The van der Waals surface area contributed by atoms with Crippen molar-refractivity contribution in [2.45, 2.75) is 6.04 Å². The molecule has 0 aliphatic carbocycles. The van der Waals surface area contributed by atoms with Gasteiger partial charge in [-0.25, -0.2) is 4.39 Å². The van der Waals surface area contributed by atoms with Crippen molar-refractivity contribution in [3.8, 4) is 0 Å². The normalized spacial score (nSPS) is 20.9. The van der Waals surface area contributed by atoms with Crippen molar-refractivity contribution in [2.24, 2.45) is 5.73 Å². The third kappa shape index (κ3) is 3.64. The molecule has 0 saturated carbocycles. The van der Waals surface area contributed by atoms with Crippen LogP contribution in [0, 0.1) is 5.82 Å². The predicted octanol–water partition coefficient (Wildman–Crippen LogP) is 1.15. The van der Waals surface area contributed by atoms with Crippen LogP contribution in [0.25, 0.3) is 0 Å². The van der Waals surface area contributed by atoms with E-state index >= 15 is 0 Å². The van der Waals surface area contributed by atoms with Crippen LogP contribution in [-0.2, 0) is 0 Å². The summed E-state index contributed by atoms with van der Waals surface area (Å²) in [5.74, 6) is -0.171. The van der Waals surface area contributed by atoms with Crippen LogP contribution in [0.15, 0.2) is 24.3 Å². The standard InChI is InChI=1S/C12H18FN3.ClH/c13-11-3-1-2-10(8-11)12-9-15-5-7-16(12)6-4-14;/h1-3,8,12,15H,4-7,9,14H2;1H. The summed E-state index contributed by atoms with van der Waals surface area (Å²) in [6, 6.07) is 7.08. The van der Waals surface area contributed by atoms with Gasteiger partial charge in [-0.05, 0) is 17.7 Å². The lowest BCUT2D eigenvalue weighted by Gasteiger charge is -2.36. The first kappa shape index (κ1) is 14.4. The molecule has 2 rings (SSSR count). The summed E-state index contributed by atoms with van der Waals surface area (Å²) in [6.45, 7) is 4.32. The average molecular weight is 260 g/mol. The van der Waals surface area contributed by atoms with Gasteiger partial charge in [-0.15, -0.1) is 12.4 Å². The minimum absolute atomic E-state index is 0. The van der Waals surface area contributed by atoms with E-state index in [1.165, 1.54) is 6.07 Å². The lowest BCUT2D eigenvalue weighted by molar-refractivity contribution is 0.166. The molecule has 0 bridgehead atoms. The third-order valence-corrected chi connectivity index (χ3v) is 3.00. The maximum absolute atomic E-state index is 13.2. The SMILES string of the molecule is Cl.NCCN1CCNCC1c1cccc(F)c1. The highest BCUT2D eigenvalue weighted by atomic mass is 35.5. The van der Waals surface area contributed by atoms with Crippen LogP contribution in [0.5, 0.6) is 0 Å². The largest absolute Gasteiger partial charge is 0.329 e. The molecule has 1 aromatic rings. The first-order valence-electron chi connectivity index (χ1n) is 5.71. The summed E-state index contributed by atoms with van der Waals surface area (Å²) in [5.41, 5.74) is 6.62. The van der Waals surface area contributed by atoms with Crippen molar-refractivity contribution >= 4 is 12.4 Å². The molecule has 0 spiro atoms. The Bertz CT molecular complexity index is 346. The number of nitrogens with zero attached hydrogens (tertiary/aromatic N) is 1. The number of hydrogen-bond donors (Lipinski definition) is 2. The second-order valence-corrected chi connectivity index (χ2v) is 4.10. The molecule has 96 valence electrons. The fourth-order valence-electron chi connectivity index (χ4n) is 2.22. The monoisotopic (exact) mass is 259 g/mol. The minimum Gasteiger partial charge on any atom is -0.329 e. The molecule has 17 heavy (non-hydrogen) atoms. The molecule has 3 nitrogen and oxygen atoms in total. The molecule has 1 atom stereocenters. The van der Waals surface area contributed by atoms with Crippen LogP contribution in [0.1, 0.15) is 11.6 Å². The van der Waals surface area contributed by atoms with Crippen molar-refractivity contribution < 1.29 is 4.39 Å². The summed E-state index contributed by atoms with van der Waals surface area (Å²) in [6.07, 6.45) is 0. The number of nitrogens with one attached hydrogen (secondary N) is 1. The van der Waals surface area contributed by atoms with Gasteiger partial charge in [-0.3, -0.25) is 4.90 Å². The fourth-order valence-corrected chi connectivity index (χ4v) is 2.22. The molecule has 1 heterocycles. The van der Waals surface area contributed by atoms with Crippen LogP contribution in [0.3, 0.4) is 0 Å². The van der Waals surface area contributed by atoms with Crippen molar-refractivity contribution in [2.75, 3.05) is 32.7 Å². The second kappa shape index (κ2) is 6.91. The summed E-state index contributed by atoms with van der Waals surface area (Å²) in [5, 5.41) is 3.34. The molecule has 1 aliphatic rings. The highest BCUT2D eigenvalue weighted by Crippen LogP contribution is 2.22. The summed E-state index contributed by atoms with van der Waals surface area (Å²) < 4.78 is 13.2. The van der Waals surface area contributed by atoms with Gasteiger partial charge in [0.25, 0.3) is 0 Å². The van der Waals surface area contributed by atoms with Gasteiger partial charge < -0.3 is 11.1 Å². The Morgan fingerprint density at radius 2 is 2.29 bits per heavy atom. The Morgan fingerprint density at radius 1 is 1.47 bits per heavy atom. The summed E-state index contributed by atoms with van der Waals surface area (Å²) in [7, 11) is 0. The van der Waals surface area contributed by atoms with Crippen molar-refractivity contribution in [3.63, 3.8) is 0 Å². The number of piperazine rings is 1. The van der Waals surface area contributed by atoms with Gasteiger partial charge in [0.05, 0.1) is 0 Å². The van der Waals surface area contributed by atoms with E-state index in [0.29, 0.717) is 6.54 Å². The highest BCUT2D eigenvalue weighted by Gasteiger charge is 2.22. The van der Waals surface area contributed by atoms with Gasteiger partial charge in [0.15, 0.2) is 0 Å². The van der Waals surface area contributed by atoms with Gasteiger partial charge in [-0.2, -0.15) is 0 Å². The first-order valence-corrected chi connectivity index (χ1v) is 5.71. The molecular formula is C12H19ClFN3. The van der Waals surface area contributed by atoms with Gasteiger partial charge >= 0.3 is 0 Å². The number of halogens is 2. The predicted molar refractivity (Wildman–Crippen MR) is 69.9 cm³/mol. The zero-order valence-electron chi connectivity index (χ0n) is 9.73. The molecule has 0 aromatic heterocycles. The maximum Gasteiger partial charge on any atom is 0.123 e. The molecule has 5 heteroatoms. The Balaban J connectivity index is 0.00000144. The van der Waals surface area contributed by atoms with Gasteiger partial charge in [0.2, 0.25) is 0 Å². The van der Waals surface area contributed by atoms with Crippen LogP contribution in [0.2, 0.25) is 0 Å². The number of nitrogens with two attached hydrogens (primary N) is 1. The van der Waals surface area contributed by atoms with E-state index in [4.69, 9.17) is 5.73 Å². The van der Waals surface area contributed by atoms with Crippen LogP contribution in [-0.4, -0.2) is 37.6 Å². The lowest BCUT2D eigenvalue weighted by Crippen LogP contribution is -2.47. The number of rotatable bonds is 3. The smallest absolute Gasteiger partial charge is 0.123 e. The number of hydrogen-bond acceptors (Lipinski definition) is 3. The molecule has 1 aliphatic heterocycles. The van der Waals surface area contributed by atoms with Gasteiger partial charge in [0, 0.05) is 38.8 Å². The molecule has 0 radical (unpaired) electrons. The van der Waals surface area contributed by atoms with Crippen LogP contribution in [0.4, 0.5) is 4.39 Å². The van der Waals surface area contributed by atoms with E-state index in [1.807, 2.05) is 6.07 Å². The van der Waals surface area contributed by atoms with E-state index in [1.54, 1.807) is 12.1 Å². The van der Waals surface area contributed by atoms with Gasteiger partial charge in [-0.1, -0.05) is 12.1 Å². The molecule has 0 amide bonds. The number of benzene rings is 1. The molecule has 1 fully saturated rings. The Kier molecular flexibility index (Phi) is 5.85. The quantitative estimate of drug-likeness (QED) is 0.856.